The van der Waals surface area contributed by atoms with Crippen LogP contribution in [0.4, 0.5) is 11.4 Å². The third-order valence-electron chi connectivity index (χ3n) is 4.44. The van der Waals surface area contributed by atoms with Crippen molar-refractivity contribution in [2.45, 2.75) is 13.8 Å². The Hall–Kier alpha value is -1.97. The molecule has 0 amide bonds. The fourth-order valence-electron chi connectivity index (χ4n) is 3.00. The Kier molecular flexibility index (Phi) is 3.89. The topological polar surface area (TPSA) is 55.9 Å². The molecule has 1 N–H and O–H groups in total. The second-order valence-corrected chi connectivity index (χ2v) is 8.85. The van der Waals surface area contributed by atoms with E-state index in [9.17, 15) is 9.46 Å². The van der Waals surface area contributed by atoms with Crippen LogP contribution in [-0.2, 0) is 4.57 Å². The Balaban J connectivity index is 2.35. The minimum absolute atomic E-state index is 0.425. The van der Waals surface area contributed by atoms with E-state index in [4.69, 9.17) is 4.99 Å². The van der Waals surface area contributed by atoms with Crippen molar-refractivity contribution in [1.29, 1.82) is 0 Å². The highest BCUT2D eigenvalue weighted by Crippen LogP contribution is 2.56. The summed E-state index contributed by atoms with van der Waals surface area (Å²) >= 11 is 0. The summed E-state index contributed by atoms with van der Waals surface area (Å²) in [5.74, 6) is 0. The van der Waals surface area contributed by atoms with Crippen molar-refractivity contribution in [3.8, 4) is 0 Å². The normalized spacial score (nSPS) is 22.1. The number of nitrogens with zero attached hydrogens (tertiary/aromatic N) is 3. The van der Waals surface area contributed by atoms with E-state index in [0.717, 1.165) is 22.5 Å². The molecule has 1 aromatic carbocycles. The van der Waals surface area contributed by atoms with E-state index in [1.165, 1.54) is 0 Å². The van der Waals surface area contributed by atoms with E-state index >= 15 is 0 Å². The predicted molar refractivity (Wildman–Crippen MR) is 101 cm³/mol. The number of benzene rings is 1. The van der Waals surface area contributed by atoms with E-state index in [0.29, 0.717) is 22.0 Å². The van der Waals surface area contributed by atoms with E-state index in [1.54, 1.807) is 12.1 Å². The average molecular weight is 344 g/mol. The van der Waals surface area contributed by atoms with Crippen LogP contribution in [-0.4, -0.2) is 49.1 Å². The Morgan fingerprint density at radius 3 is 2.42 bits per heavy atom. The largest absolute Gasteiger partial charge is 0.378 e. The summed E-state index contributed by atoms with van der Waals surface area (Å²) in [6.07, 6.45) is 3.78. The summed E-state index contributed by atoms with van der Waals surface area (Å²) in [5.41, 5.74) is 4.87. The molecule has 0 saturated heterocycles. The van der Waals surface area contributed by atoms with Crippen LogP contribution in [0.15, 0.2) is 40.2 Å². The maximum absolute atomic E-state index is 13.4. The molecule has 0 fully saturated rings. The van der Waals surface area contributed by atoms with E-state index < -0.39 is 7.37 Å². The summed E-state index contributed by atoms with van der Waals surface area (Å²) in [5, 5.41) is 0.850. The second-order valence-electron chi connectivity index (χ2n) is 6.74. The first-order chi connectivity index (χ1) is 11.1. The Morgan fingerprint density at radius 2 is 1.83 bits per heavy atom. The Bertz CT molecular complexity index is 916. The molecule has 0 spiro atoms. The quantitative estimate of drug-likeness (QED) is 0.484. The van der Waals surface area contributed by atoms with Gasteiger partial charge in [-0.25, -0.2) is 9.57 Å². The molecule has 1 aliphatic carbocycles. The zero-order valence-electron chi connectivity index (χ0n) is 15.0. The zero-order valence-corrected chi connectivity index (χ0v) is 15.8. The molecule has 1 heterocycles. The highest BCUT2D eigenvalue weighted by atomic mass is 31.2. The molecule has 1 aliphatic heterocycles. The Labute approximate surface area is 142 Å². The molecule has 6 heteroatoms. The van der Waals surface area contributed by atoms with Gasteiger partial charge in [0.15, 0.2) is 0 Å². The van der Waals surface area contributed by atoms with Crippen LogP contribution in [0.5, 0.6) is 0 Å². The molecule has 1 unspecified atom stereocenters. The van der Waals surface area contributed by atoms with Gasteiger partial charge in [-0.15, -0.1) is 0 Å². The van der Waals surface area contributed by atoms with E-state index in [-0.39, 0.29) is 0 Å². The number of aryl methyl sites for hydroxylation is 1. The van der Waals surface area contributed by atoms with Crippen LogP contribution in [0.2, 0.25) is 0 Å². The van der Waals surface area contributed by atoms with Gasteiger partial charge in [-0.2, -0.15) is 0 Å². The molecule has 1 atom stereocenters. The van der Waals surface area contributed by atoms with Gasteiger partial charge in [0.25, 0.3) is 7.37 Å². The highest BCUT2D eigenvalue weighted by Gasteiger charge is 2.40. The van der Waals surface area contributed by atoms with Crippen molar-refractivity contribution in [2.75, 3.05) is 33.1 Å². The Morgan fingerprint density at radius 1 is 1.17 bits per heavy atom. The summed E-state index contributed by atoms with van der Waals surface area (Å²) in [7, 11) is 3.99. The maximum Gasteiger partial charge on any atom is 0.263 e. The number of hydrogen-bond acceptors (Lipinski definition) is 3. The van der Waals surface area contributed by atoms with Gasteiger partial charge in [0.2, 0.25) is 5.71 Å². The van der Waals surface area contributed by atoms with Crippen LogP contribution in [0.3, 0.4) is 0 Å². The van der Waals surface area contributed by atoms with Gasteiger partial charge in [0.1, 0.15) is 14.1 Å². The first-order valence-electron chi connectivity index (χ1n) is 7.82. The molecular formula is C18H23N3O2P+. The summed E-state index contributed by atoms with van der Waals surface area (Å²) in [4.78, 5) is 17.7. The van der Waals surface area contributed by atoms with Gasteiger partial charge in [-0.1, -0.05) is 0 Å². The van der Waals surface area contributed by atoms with Gasteiger partial charge >= 0.3 is 0 Å². The molecule has 0 saturated carbocycles. The lowest BCUT2D eigenvalue weighted by Gasteiger charge is -2.28. The molecule has 126 valence electrons. The summed E-state index contributed by atoms with van der Waals surface area (Å²) in [6.45, 7) is 3.87. The first kappa shape index (κ1) is 16.9. The van der Waals surface area contributed by atoms with Crippen LogP contribution in [0.25, 0.3) is 0 Å². The number of fused-ring (bicyclic) bond motifs is 2. The van der Waals surface area contributed by atoms with Gasteiger partial charge in [-0.05, 0) is 37.1 Å². The van der Waals surface area contributed by atoms with Crippen LogP contribution < -0.4 is 10.2 Å². The van der Waals surface area contributed by atoms with Gasteiger partial charge < -0.3 is 9.79 Å². The average Bonchev–Trinajstić information content (AvgIpc) is 2.48. The fraction of sp³-hybridized carbons (Fsp3) is 0.333. The number of rotatable bonds is 1. The van der Waals surface area contributed by atoms with Gasteiger partial charge in [0.05, 0.1) is 22.0 Å². The van der Waals surface area contributed by atoms with Crippen molar-refractivity contribution < 1.29 is 14.0 Å². The maximum atomic E-state index is 13.4. The third kappa shape index (κ3) is 2.48. The zero-order chi connectivity index (χ0) is 17.8. The molecule has 0 radical (unpaired) electrons. The highest BCUT2D eigenvalue weighted by molar-refractivity contribution is 7.72. The van der Waals surface area contributed by atoms with Crippen molar-refractivity contribution >= 4 is 35.5 Å². The molecule has 0 bridgehead atoms. The smallest absolute Gasteiger partial charge is 0.263 e. The van der Waals surface area contributed by atoms with Gasteiger partial charge in [0, 0.05) is 31.9 Å². The number of aliphatic imine (C=N–C) groups is 1. The lowest BCUT2D eigenvalue weighted by Crippen LogP contribution is -2.25. The standard InChI is InChI=1S/C18H22N3O2P/c1-11-7-13(20(3)4)9-15-17(11)19-18-12(2)8-14(21(5)6)10-16(18)24(15,22)23/h7-10H,1-6H3/p+1. The minimum Gasteiger partial charge on any atom is -0.378 e. The molecule has 2 aliphatic rings. The SMILES string of the molecule is CC1=CC(=[N+](C)C)C=C2C1=Nc1c(C)cc(N(C)C)cc1P2(=O)O. The molecule has 5 nitrogen and oxygen atoms in total. The number of hydrogen-bond donors (Lipinski definition) is 1. The molecule has 24 heavy (non-hydrogen) atoms. The molecular weight excluding hydrogens is 321 g/mol. The second kappa shape index (κ2) is 5.54. The molecule has 3 rings (SSSR count). The fourth-order valence-corrected chi connectivity index (χ4v) is 4.90. The van der Waals surface area contributed by atoms with Crippen LogP contribution >= 0.6 is 7.37 Å². The van der Waals surface area contributed by atoms with E-state index in [2.05, 4.69) is 0 Å². The summed E-state index contributed by atoms with van der Waals surface area (Å²) < 4.78 is 15.3. The predicted octanol–water partition coefficient (Wildman–Crippen LogP) is 2.60. The minimum atomic E-state index is -3.70. The van der Waals surface area contributed by atoms with Crippen LogP contribution in [0, 0.1) is 6.92 Å². The monoisotopic (exact) mass is 344 g/mol. The van der Waals surface area contributed by atoms with E-state index in [1.807, 2.05) is 63.7 Å². The lowest BCUT2D eigenvalue weighted by molar-refractivity contribution is -0.462. The van der Waals surface area contributed by atoms with Gasteiger partial charge in [-0.3, -0.25) is 4.57 Å². The third-order valence-corrected chi connectivity index (χ3v) is 6.43. The molecule has 1 aromatic rings. The first-order valence-corrected chi connectivity index (χ1v) is 9.48. The summed E-state index contributed by atoms with van der Waals surface area (Å²) in [6, 6.07) is 3.78. The van der Waals surface area contributed by atoms with Crippen molar-refractivity contribution in [2.24, 2.45) is 4.99 Å². The van der Waals surface area contributed by atoms with Crippen molar-refractivity contribution in [3.63, 3.8) is 0 Å². The van der Waals surface area contributed by atoms with Crippen molar-refractivity contribution in [3.05, 3.63) is 40.7 Å². The number of allylic oxidation sites excluding steroid dienone is 4. The van der Waals surface area contributed by atoms with Crippen molar-refractivity contribution in [1.82, 2.24) is 0 Å². The number of anilines is 1. The lowest BCUT2D eigenvalue weighted by atomic mass is 10.0. The molecule has 0 aromatic heterocycles. The van der Waals surface area contributed by atoms with Crippen LogP contribution in [0.1, 0.15) is 12.5 Å².